The predicted molar refractivity (Wildman–Crippen MR) is 69.4 cm³/mol. The minimum absolute atomic E-state index is 0.0574. The molecule has 1 amide bonds. The van der Waals surface area contributed by atoms with Crippen LogP contribution in [0.5, 0.6) is 0 Å². The van der Waals surface area contributed by atoms with E-state index in [1.54, 1.807) is 14.0 Å². The van der Waals surface area contributed by atoms with Crippen LogP contribution in [0.15, 0.2) is 0 Å². The Bertz CT molecular complexity index is 305. The van der Waals surface area contributed by atoms with Crippen molar-refractivity contribution in [2.75, 3.05) is 20.1 Å². The lowest BCUT2D eigenvalue weighted by Gasteiger charge is -2.37. The molecule has 0 saturated carbocycles. The molecule has 1 N–H and O–H groups in total. The molecule has 104 valence electrons. The molecule has 5 heteroatoms. The van der Waals surface area contributed by atoms with Gasteiger partial charge in [-0.2, -0.15) is 0 Å². The molecule has 1 fully saturated rings. The van der Waals surface area contributed by atoms with Crippen LogP contribution in [0, 0.1) is 0 Å². The molecule has 1 aliphatic rings. The van der Waals surface area contributed by atoms with Gasteiger partial charge < -0.3 is 10.0 Å². The Morgan fingerprint density at radius 2 is 2.11 bits per heavy atom. The third-order valence-electron chi connectivity index (χ3n) is 3.70. The number of carbonyl (C=O) groups excluding carboxylic acids is 1. The molecule has 5 nitrogen and oxygen atoms in total. The van der Waals surface area contributed by atoms with Crippen LogP contribution in [-0.2, 0) is 9.59 Å². The first-order chi connectivity index (χ1) is 8.49. The monoisotopic (exact) mass is 256 g/mol. The van der Waals surface area contributed by atoms with Crippen LogP contribution < -0.4 is 0 Å². The summed E-state index contributed by atoms with van der Waals surface area (Å²) in [7, 11) is 1.58. The van der Waals surface area contributed by atoms with Crippen molar-refractivity contribution in [2.24, 2.45) is 0 Å². The summed E-state index contributed by atoms with van der Waals surface area (Å²) in [5, 5.41) is 8.96. The summed E-state index contributed by atoms with van der Waals surface area (Å²) < 4.78 is 0. The highest BCUT2D eigenvalue weighted by atomic mass is 16.4. The lowest BCUT2D eigenvalue weighted by Crippen LogP contribution is -2.53. The molecular formula is C13H24N2O3. The molecule has 2 atom stereocenters. The van der Waals surface area contributed by atoms with Crippen molar-refractivity contribution in [3.63, 3.8) is 0 Å². The van der Waals surface area contributed by atoms with Crippen molar-refractivity contribution < 1.29 is 14.7 Å². The fraction of sp³-hybridized carbons (Fsp3) is 0.846. The third kappa shape index (κ3) is 3.45. The maximum absolute atomic E-state index is 12.4. The summed E-state index contributed by atoms with van der Waals surface area (Å²) in [5.74, 6) is -1.01. The third-order valence-corrected chi connectivity index (χ3v) is 3.70. The van der Waals surface area contributed by atoms with E-state index in [9.17, 15) is 9.59 Å². The van der Waals surface area contributed by atoms with Gasteiger partial charge in [0, 0.05) is 7.05 Å². The second kappa shape index (κ2) is 6.73. The SMILES string of the molecule is CCCN1CCCC[C@@H]1C(=O)N(C)[C@H](C)C(=O)O. The normalized spacial score (nSPS) is 22.5. The number of piperidine rings is 1. The number of hydrogen-bond acceptors (Lipinski definition) is 3. The Morgan fingerprint density at radius 3 is 2.67 bits per heavy atom. The molecule has 0 aliphatic carbocycles. The van der Waals surface area contributed by atoms with Gasteiger partial charge >= 0.3 is 5.97 Å². The number of carboxylic acids is 1. The Hall–Kier alpha value is -1.10. The van der Waals surface area contributed by atoms with Crippen LogP contribution in [0.2, 0.25) is 0 Å². The number of nitrogens with zero attached hydrogens (tertiary/aromatic N) is 2. The summed E-state index contributed by atoms with van der Waals surface area (Å²) in [4.78, 5) is 26.8. The minimum atomic E-state index is -0.955. The Labute approximate surface area is 109 Å². The summed E-state index contributed by atoms with van der Waals surface area (Å²) in [6.45, 7) is 5.50. The number of hydrogen-bond donors (Lipinski definition) is 1. The van der Waals surface area contributed by atoms with Gasteiger partial charge in [-0.15, -0.1) is 0 Å². The molecule has 1 heterocycles. The molecule has 18 heavy (non-hydrogen) atoms. The molecule has 1 aliphatic heterocycles. The second-order valence-corrected chi connectivity index (χ2v) is 5.01. The Balaban J connectivity index is 2.70. The molecule has 1 saturated heterocycles. The lowest BCUT2D eigenvalue weighted by atomic mass is 10.00. The Kier molecular flexibility index (Phi) is 5.59. The van der Waals surface area contributed by atoms with E-state index < -0.39 is 12.0 Å². The van der Waals surface area contributed by atoms with Gasteiger partial charge in [0.25, 0.3) is 0 Å². The first kappa shape index (κ1) is 15.0. The van der Waals surface area contributed by atoms with Crippen molar-refractivity contribution in [1.29, 1.82) is 0 Å². The molecule has 0 unspecified atom stereocenters. The number of likely N-dealkylation sites (N-methyl/N-ethyl adjacent to an activating group) is 1. The average molecular weight is 256 g/mol. The van der Waals surface area contributed by atoms with Crippen LogP contribution in [0.1, 0.15) is 39.5 Å². The molecule has 0 bridgehead atoms. The average Bonchev–Trinajstić information content (AvgIpc) is 2.37. The smallest absolute Gasteiger partial charge is 0.326 e. The number of rotatable bonds is 5. The van der Waals surface area contributed by atoms with Gasteiger partial charge in [0.05, 0.1) is 6.04 Å². The molecule has 1 rings (SSSR count). The molecule has 0 radical (unpaired) electrons. The van der Waals surface area contributed by atoms with E-state index in [1.165, 1.54) is 4.90 Å². The zero-order valence-electron chi connectivity index (χ0n) is 11.6. The predicted octanol–water partition coefficient (Wildman–Crippen LogP) is 1.18. The van der Waals surface area contributed by atoms with Crippen molar-refractivity contribution >= 4 is 11.9 Å². The topological polar surface area (TPSA) is 60.9 Å². The summed E-state index contributed by atoms with van der Waals surface area (Å²) in [6, 6.07) is -0.895. The van der Waals surface area contributed by atoms with Crippen molar-refractivity contribution in [3.8, 4) is 0 Å². The van der Waals surface area contributed by atoms with E-state index in [2.05, 4.69) is 11.8 Å². The van der Waals surface area contributed by atoms with Crippen LogP contribution in [0.3, 0.4) is 0 Å². The van der Waals surface area contributed by atoms with Gasteiger partial charge in [0.1, 0.15) is 6.04 Å². The number of carboxylic acid groups (broad SMARTS) is 1. The van der Waals surface area contributed by atoms with Crippen molar-refractivity contribution in [3.05, 3.63) is 0 Å². The fourth-order valence-corrected chi connectivity index (χ4v) is 2.42. The standard InChI is InChI=1S/C13H24N2O3/c1-4-8-15-9-6-5-7-11(15)12(16)14(3)10(2)13(17)18/h10-11H,4-9H2,1-3H3,(H,17,18)/t10-,11-/m1/s1. The maximum Gasteiger partial charge on any atom is 0.326 e. The molecular weight excluding hydrogens is 232 g/mol. The number of amides is 1. The highest BCUT2D eigenvalue weighted by Gasteiger charge is 2.33. The summed E-state index contributed by atoms with van der Waals surface area (Å²) in [6.07, 6.45) is 4.03. The van der Waals surface area contributed by atoms with Gasteiger partial charge in [0.15, 0.2) is 0 Å². The first-order valence-electron chi connectivity index (χ1n) is 6.72. The number of carbonyl (C=O) groups is 2. The summed E-state index contributed by atoms with van der Waals surface area (Å²) >= 11 is 0. The molecule has 0 aromatic rings. The Morgan fingerprint density at radius 1 is 1.44 bits per heavy atom. The van der Waals surface area contributed by atoms with Gasteiger partial charge in [-0.25, -0.2) is 4.79 Å². The lowest BCUT2D eigenvalue weighted by molar-refractivity contribution is -0.151. The number of aliphatic carboxylic acids is 1. The summed E-state index contributed by atoms with van der Waals surface area (Å²) in [5.41, 5.74) is 0. The van der Waals surface area contributed by atoms with Crippen molar-refractivity contribution in [2.45, 2.75) is 51.6 Å². The van der Waals surface area contributed by atoms with Crippen LogP contribution >= 0.6 is 0 Å². The number of likely N-dealkylation sites (tertiary alicyclic amines) is 1. The molecule has 0 aromatic heterocycles. The van der Waals surface area contributed by atoms with Gasteiger partial charge in [0.2, 0.25) is 5.91 Å². The van der Waals surface area contributed by atoms with Crippen molar-refractivity contribution in [1.82, 2.24) is 9.80 Å². The maximum atomic E-state index is 12.4. The largest absolute Gasteiger partial charge is 0.480 e. The second-order valence-electron chi connectivity index (χ2n) is 5.01. The molecule has 0 spiro atoms. The van der Waals surface area contributed by atoms with E-state index in [0.717, 1.165) is 38.8 Å². The van der Waals surface area contributed by atoms with Crippen LogP contribution in [-0.4, -0.2) is 59.0 Å². The zero-order valence-corrected chi connectivity index (χ0v) is 11.6. The van der Waals surface area contributed by atoms with Gasteiger partial charge in [-0.3, -0.25) is 9.69 Å². The van der Waals surface area contributed by atoms with E-state index in [0.29, 0.717) is 0 Å². The quantitative estimate of drug-likeness (QED) is 0.802. The highest BCUT2D eigenvalue weighted by Crippen LogP contribution is 2.19. The van der Waals surface area contributed by atoms with E-state index in [1.807, 2.05) is 0 Å². The zero-order chi connectivity index (χ0) is 13.7. The fourth-order valence-electron chi connectivity index (χ4n) is 2.42. The molecule has 0 aromatic carbocycles. The minimum Gasteiger partial charge on any atom is -0.480 e. The van der Waals surface area contributed by atoms with Gasteiger partial charge in [-0.1, -0.05) is 13.3 Å². The van der Waals surface area contributed by atoms with Crippen LogP contribution in [0.4, 0.5) is 0 Å². The van der Waals surface area contributed by atoms with Gasteiger partial charge in [-0.05, 0) is 39.3 Å². The van der Waals surface area contributed by atoms with E-state index >= 15 is 0 Å². The van der Waals surface area contributed by atoms with Crippen LogP contribution in [0.25, 0.3) is 0 Å². The highest BCUT2D eigenvalue weighted by molar-refractivity contribution is 5.86. The first-order valence-corrected chi connectivity index (χ1v) is 6.72. The van der Waals surface area contributed by atoms with E-state index in [-0.39, 0.29) is 11.9 Å². The van der Waals surface area contributed by atoms with E-state index in [4.69, 9.17) is 5.11 Å².